The molecule has 120 valence electrons. The summed E-state index contributed by atoms with van der Waals surface area (Å²) in [6.07, 6.45) is 3.57. The number of benzene rings is 1. The number of amidine groups is 1. The summed E-state index contributed by atoms with van der Waals surface area (Å²) in [4.78, 5) is 8.21. The molecule has 1 aromatic carbocycles. The lowest BCUT2D eigenvalue weighted by atomic mass is 9.83. The summed E-state index contributed by atoms with van der Waals surface area (Å²) >= 11 is 0. The van der Waals surface area contributed by atoms with Crippen LogP contribution in [0.25, 0.3) is 0 Å². The fourth-order valence-corrected chi connectivity index (χ4v) is 1.67. The van der Waals surface area contributed by atoms with Gasteiger partial charge in [-0.1, -0.05) is 30.3 Å². The number of rotatable bonds is 6. The summed E-state index contributed by atoms with van der Waals surface area (Å²) in [5.41, 5.74) is 7.89. The van der Waals surface area contributed by atoms with E-state index < -0.39 is 0 Å². The molecule has 0 atom stereocenters. The van der Waals surface area contributed by atoms with E-state index in [0.717, 1.165) is 12.1 Å². The van der Waals surface area contributed by atoms with Crippen molar-refractivity contribution in [1.82, 2.24) is 5.32 Å². The van der Waals surface area contributed by atoms with E-state index in [1.165, 1.54) is 5.56 Å². The Hall–Kier alpha value is -1.78. The highest BCUT2D eigenvalue weighted by Gasteiger charge is 2.32. The first-order valence-electron chi connectivity index (χ1n) is 7.50. The van der Waals surface area contributed by atoms with Crippen LogP contribution in [0.15, 0.2) is 46.5 Å². The maximum absolute atomic E-state index is 6.20. The average Bonchev–Trinajstić information content (AvgIpc) is 2.46. The first-order chi connectivity index (χ1) is 10.2. The number of nitrogens with two attached hydrogens (primary N) is 1. The van der Waals surface area contributed by atoms with Crippen LogP contribution in [0.1, 0.15) is 45.7 Å². The molecule has 0 saturated heterocycles. The Morgan fingerprint density at radius 2 is 1.82 bits per heavy atom. The normalized spacial score (nSPS) is 13.6. The van der Waals surface area contributed by atoms with Gasteiger partial charge in [0.25, 0.3) is 0 Å². The molecule has 3 N–H and O–H groups in total. The van der Waals surface area contributed by atoms with Crippen LogP contribution in [-0.4, -0.2) is 23.6 Å². The van der Waals surface area contributed by atoms with Gasteiger partial charge in [0.2, 0.25) is 0 Å². The highest BCUT2D eigenvalue weighted by molar-refractivity contribution is 6.01. The van der Waals surface area contributed by atoms with E-state index in [0.29, 0.717) is 5.84 Å². The van der Waals surface area contributed by atoms with Gasteiger partial charge in [-0.25, -0.2) is 9.98 Å². The summed E-state index contributed by atoms with van der Waals surface area (Å²) in [6.45, 7) is 14.5. The van der Waals surface area contributed by atoms with Crippen molar-refractivity contribution in [1.29, 1.82) is 0 Å². The second-order valence-electron chi connectivity index (χ2n) is 6.49. The number of aliphatic imine (C=N–C) groups is 2. The monoisotopic (exact) mass is 300 g/mol. The molecule has 0 amide bonds. The first kappa shape index (κ1) is 18.3. The molecular weight excluding hydrogens is 272 g/mol. The van der Waals surface area contributed by atoms with Gasteiger partial charge in [-0.2, -0.15) is 0 Å². The van der Waals surface area contributed by atoms with E-state index in [2.05, 4.69) is 48.0 Å². The second kappa shape index (κ2) is 7.47. The Kier molecular flexibility index (Phi) is 6.21. The van der Waals surface area contributed by atoms with Crippen molar-refractivity contribution < 1.29 is 0 Å². The summed E-state index contributed by atoms with van der Waals surface area (Å²) in [7, 11) is 0. The lowest BCUT2D eigenvalue weighted by molar-refractivity contribution is 0.240. The molecule has 0 spiro atoms. The van der Waals surface area contributed by atoms with Crippen molar-refractivity contribution in [3.8, 4) is 0 Å². The highest BCUT2D eigenvalue weighted by Crippen LogP contribution is 2.18. The largest absolute Gasteiger partial charge is 0.324 e. The van der Waals surface area contributed by atoms with Crippen molar-refractivity contribution in [2.75, 3.05) is 0 Å². The molecule has 0 aliphatic rings. The van der Waals surface area contributed by atoms with Crippen LogP contribution in [0, 0.1) is 0 Å². The average molecular weight is 300 g/mol. The smallest absolute Gasteiger partial charge is 0.158 e. The van der Waals surface area contributed by atoms with Gasteiger partial charge in [0.05, 0.1) is 0 Å². The minimum Gasteiger partial charge on any atom is -0.324 e. The third-order valence-electron chi connectivity index (χ3n) is 4.05. The number of hydrogen-bond donors (Lipinski definition) is 2. The van der Waals surface area contributed by atoms with Crippen LogP contribution < -0.4 is 11.1 Å². The van der Waals surface area contributed by atoms with E-state index in [1.54, 1.807) is 6.20 Å². The fourth-order valence-electron chi connectivity index (χ4n) is 1.67. The van der Waals surface area contributed by atoms with Gasteiger partial charge in [0.1, 0.15) is 0 Å². The predicted molar refractivity (Wildman–Crippen MR) is 96.5 cm³/mol. The number of allylic oxidation sites excluding steroid dienone is 1. The van der Waals surface area contributed by atoms with Crippen molar-refractivity contribution in [3.05, 3.63) is 47.7 Å². The summed E-state index contributed by atoms with van der Waals surface area (Å²) in [6, 6.07) is 8.15. The van der Waals surface area contributed by atoms with Crippen molar-refractivity contribution in [3.63, 3.8) is 0 Å². The van der Waals surface area contributed by atoms with E-state index >= 15 is 0 Å². The second-order valence-corrected chi connectivity index (χ2v) is 6.49. The zero-order valence-electron chi connectivity index (χ0n) is 14.4. The summed E-state index contributed by atoms with van der Waals surface area (Å²) < 4.78 is 0. The molecule has 0 bridgehead atoms. The van der Waals surface area contributed by atoms with Crippen molar-refractivity contribution >= 4 is 12.6 Å². The highest BCUT2D eigenvalue weighted by atomic mass is 15.0. The van der Waals surface area contributed by atoms with Crippen LogP contribution in [0.5, 0.6) is 0 Å². The molecule has 0 saturated carbocycles. The van der Waals surface area contributed by atoms with Gasteiger partial charge in [-0.3, -0.25) is 0 Å². The van der Waals surface area contributed by atoms with Crippen LogP contribution in [0.3, 0.4) is 0 Å². The van der Waals surface area contributed by atoms with Crippen LogP contribution in [0.4, 0.5) is 0 Å². The van der Waals surface area contributed by atoms with Gasteiger partial charge in [0, 0.05) is 29.4 Å². The lowest BCUT2D eigenvalue weighted by Gasteiger charge is -2.39. The number of nitrogens with zero attached hydrogens (tertiary/aromatic N) is 2. The Balaban J connectivity index is 2.80. The maximum Gasteiger partial charge on any atom is 0.158 e. The molecule has 4 nitrogen and oxygen atoms in total. The number of hydrogen-bond acceptors (Lipinski definition) is 3. The summed E-state index contributed by atoms with van der Waals surface area (Å²) in [5.74, 6) is 0.626. The summed E-state index contributed by atoms with van der Waals surface area (Å²) in [5, 5.41) is 3.51. The minimum atomic E-state index is -0.300. The molecule has 0 aliphatic carbocycles. The van der Waals surface area contributed by atoms with Crippen LogP contribution >= 0.6 is 0 Å². The molecule has 1 aromatic rings. The minimum absolute atomic E-state index is 0.160. The molecule has 1 rings (SSSR count). The molecule has 0 aliphatic heterocycles. The molecule has 4 heteroatoms. The zero-order valence-corrected chi connectivity index (χ0v) is 14.4. The van der Waals surface area contributed by atoms with Gasteiger partial charge >= 0.3 is 0 Å². The van der Waals surface area contributed by atoms with Crippen LogP contribution in [-0.2, 0) is 6.54 Å². The molecule has 22 heavy (non-hydrogen) atoms. The van der Waals surface area contributed by atoms with E-state index in [1.807, 2.05) is 39.0 Å². The quantitative estimate of drug-likeness (QED) is 0.625. The van der Waals surface area contributed by atoms with Gasteiger partial charge in [-0.05, 0) is 46.9 Å². The molecule has 0 unspecified atom stereocenters. The van der Waals surface area contributed by atoms with Crippen molar-refractivity contribution in [2.24, 2.45) is 15.7 Å². The molecule has 0 aromatic heterocycles. The Labute approximate surface area is 134 Å². The third kappa shape index (κ3) is 4.90. The molecular formula is C18H28N4. The topological polar surface area (TPSA) is 62.8 Å². The third-order valence-corrected chi connectivity index (χ3v) is 4.05. The number of nitrogens with one attached hydrogen (secondary N) is 1. The van der Waals surface area contributed by atoms with Gasteiger partial charge in [0.15, 0.2) is 5.84 Å². The Morgan fingerprint density at radius 1 is 1.23 bits per heavy atom. The van der Waals surface area contributed by atoms with Crippen molar-refractivity contribution in [2.45, 2.75) is 52.2 Å². The molecule has 0 heterocycles. The van der Waals surface area contributed by atoms with Gasteiger partial charge in [-0.15, -0.1) is 0 Å². The lowest BCUT2D eigenvalue weighted by Crippen LogP contribution is -2.60. The standard InChI is InChI=1S/C18H28N4/c1-7-12-21-16(20-6)15-10-8-14(9-11-15)13-22-18(4,5)17(2,3)19/h7-12,22H,6,13,19H2,1-5H3/b12-7-,21-16-. The van der Waals surface area contributed by atoms with E-state index in [9.17, 15) is 0 Å². The Bertz CT molecular complexity index is 545. The predicted octanol–water partition coefficient (Wildman–Crippen LogP) is 3.27. The molecule has 0 radical (unpaired) electrons. The van der Waals surface area contributed by atoms with Crippen LogP contribution in [0.2, 0.25) is 0 Å². The van der Waals surface area contributed by atoms with Gasteiger partial charge < -0.3 is 11.1 Å². The van der Waals surface area contributed by atoms with E-state index in [4.69, 9.17) is 5.73 Å². The fraction of sp³-hybridized carbons (Fsp3) is 0.444. The maximum atomic E-state index is 6.20. The first-order valence-corrected chi connectivity index (χ1v) is 7.50. The Morgan fingerprint density at radius 3 is 2.27 bits per heavy atom. The van der Waals surface area contributed by atoms with E-state index in [-0.39, 0.29) is 11.1 Å². The molecule has 0 fully saturated rings. The SMILES string of the molecule is C=N/C(=N\C=C/C)c1ccc(CNC(C)(C)C(C)(C)N)cc1. The zero-order chi connectivity index (χ0) is 16.8.